The van der Waals surface area contributed by atoms with Crippen LogP contribution in [0.1, 0.15) is 31.2 Å². The number of Topliss-reactive ketones (excluding diaryl/α,β-unsaturated/α-hetero) is 1. The lowest BCUT2D eigenvalue weighted by atomic mass is 9.88. The van der Waals surface area contributed by atoms with Crippen LogP contribution in [0.25, 0.3) is 0 Å². The van der Waals surface area contributed by atoms with Crippen LogP contribution in [0.4, 0.5) is 17.5 Å². The second-order valence-corrected chi connectivity index (χ2v) is 6.66. The molecule has 0 aliphatic heterocycles. The van der Waals surface area contributed by atoms with E-state index in [2.05, 4.69) is 30.9 Å². The molecule has 0 bridgehead atoms. The summed E-state index contributed by atoms with van der Waals surface area (Å²) >= 11 is 0. The molecule has 2 aromatic heterocycles. The summed E-state index contributed by atoms with van der Waals surface area (Å²) in [5.74, 6) is 2.27. The maximum absolute atomic E-state index is 12.1. The van der Waals surface area contributed by atoms with Crippen LogP contribution < -0.4 is 16.0 Å². The second-order valence-electron chi connectivity index (χ2n) is 6.66. The molecule has 0 unspecified atom stereocenters. The van der Waals surface area contributed by atoms with E-state index in [0.29, 0.717) is 50.4 Å². The minimum atomic E-state index is -0.0422. The summed E-state index contributed by atoms with van der Waals surface area (Å²) in [6.45, 7) is 3.05. The minimum absolute atomic E-state index is 0.0277. The molecule has 0 radical (unpaired) electrons. The van der Waals surface area contributed by atoms with E-state index in [0.717, 1.165) is 11.4 Å². The van der Waals surface area contributed by atoms with Gasteiger partial charge in [-0.15, -0.1) is 0 Å². The van der Waals surface area contributed by atoms with Crippen molar-refractivity contribution in [3.63, 3.8) is 0 Å². The van der Waals surface area contributed by atoms with Crippen molar-refractivity contribution in [1.82, 2.24) is 20.3 Å². The third-order valence-electron chi connectivity index (χ3n) is 4.48. The van der Waals surface area contributed by atoms with Gasteiger partial charge in [0.1, 0.15) is 29.6 Å². The summed E-state index contributed by atoms with van der Waals surface area (Å²) in [6.07, 6.45) is 5.56. The highest BCUT2D eigenvalue weighted by Crippen LogP contribution is 2.21. The molecular formula is C19H24N6O2. The van der Waals surface area contributed by atoms with Gasteiger partial charge in [0.2, 0.25) is 5.91 Å². The van der Waals surface area contributed by atoms with E-state index >= 15 is 0 Å². The number of nitrogens with zero attached hydrogens (tertiary/aromatic N) is 3. The average Bonchev–Trinajstić information content (AvgIpc) is 2.66. The number of anilines is 3. The highest BCUT2D eigenvalue weighted by atomic mass is 16.2. The molecule has 2 heterocycles. The first-order valence-corrected chi connectivity index (χ1v) is 9.15. The molecule has 1 saturated carbocycles. The van der Waals surface area contributed by atoms with Gasteiger partial charge in [-0.2, -0.15) is 0 Å². The SMILES string of the molecule is Cc1ccnc(Nc2cc(NCCNC(=O)C3CCC(=O)CC3)ncn2)c1. The zero-order valence-electron chi connectivity index (χ0n) is 15.4. The molecule has 2 aromatic rings. The smallest absolute Gasteiger partial charge is 0.223 e. The molecule has 27 heavy (non-hydrogen) atoms. The third kappa shape index (κ3) is 5.73. The van der Waals surface area contributed by atoms with Gasteiger partial charge in [0.25, 0.3) is 0 Å². The van der Waals surface area contributed by atoms with Crippen LogP contribution in [-0.2, 0) is 9.59 Å². The van der Waals surface area contributed by atoms with Crippen molar-refractivity contribution >= 4 is 29.1 Å². The lowest BCUT2D eigenvalue weighted by molar-refractivity contribution is -0.128. The van der Waals surface area contributed by atoms with Gasteiger partial charge in [-0.1, -0.05) is 0 Å². The Morgan fingerprint density at radius 3 is 2.59 bits per heavy atom. The zero-order valence-corrected chi connectivity index (χ0v) is 15.4. The first kappa shape index (κ1) is 18.8. The molecule has 1 aliphatic carbocycles. The van der Waals surface area contributed by atoms with E-state index < -0.39 is 0 Å². The average molecular weight is 368 g/mol. The first-order chi connectivity index (χ1) is 13.1. The van der Waals surface area contributed by atoms with Crippen molar-refractivity contribution in [3.05, 3.63) is 36.3 Å². The highest BCUT2D eigenvalue weighted by Gasteiger charge is 2.24. The quantitative estimate of drug-likeness (QED) is 0.643. The van der Waals surface area contributed by atoms with Crippen LogP contribution in [0.5, 0.6) is 0 Å². The predicted molar refractivity (Wildman–Crippen MR) is 103 cm³/mol. The van der Waals surface area contributed by atoms with Gasteiger partial charge in [0, 0.05) is 44.1 Å². The van der Waals surface area contributed by atoms with Crippen molar-refractivity contribution in [2.24, 2.45) is 5.92 Å². The van der Waals surface area contributed by atoms with Gasteiger partial charge in [0.15, 0.2) is 0 Å². The Hall–Kier alpha value is -3.03. The summed E-state index contributed by atoms with van der Waals surface area (Å²) in [5.41, 5.74) is 1.11. The Bertz CT molecular complexity index is 800. The molecule has 0 spiro atoms. The van der Waals surface area contributed by atoms with Crippen LogP contribution in [0.2, 0.25) is 0 Å². The number of carbonyl (C=O) groups excluding carboxylic acids is 2. The van der Waals surface area contributed by atoms with Gasteiger partial charge in [0.05, 0.1) is 0 Å². The van der Waals surface area contributed by atoms with Gasteiger partial charge in [-0.25, -0.2) is 15.0 Å². The number of nitrogens with one attached hydrogen (secondary N) is 3. The van der Waals surface area contributed by atoms with E-state index in [1.807, 2.05) is 19.1 Å². The molecule has 3 N–H and O–H groups in total. The molecule has 8 heteroatoms. The Balaban J connectivity index is 1.43. The highest BCUT2D eigenvalue weighted by molar-refractivity contribution is 5.84. The van der Waals surface area contributed by atoms with Crippen molar-refractivity contribution in [2.45, 2.75) is 32.6 Å². The molecule has 0 saturated heterocycles. The molecule has 1 fully saturated rings. The number of pyridine rings is 1. The summed E-state index contributed by atoms with van der Waals surface area (Å²) in [7, 11) is 0. The van der Waals surface area contributed by atoms with Crippen molar-refractivity contribution in [2.75, 3.05) is 23.7 Å². The monoisotopic (exact) mass is 368 g/mol. The number of ketones is 1. The topological polar surface area (TPSA) is 109 Å². The van der Waals surface area contributed by atoms with E-state index in [-0.39, 0.29) is 17.6 Å². The van der Waals surface area contributed by atoms with Crippen LogP contribution in [0.3, 0.4) is 0 Å². The maximum atomic E-state index is 12.1. The molecule has 0 aromatic carbocycles. The van der Waals surface area contributed by atoms with Crippen LogP contribution in [0.15, 0.2) is 30.7 Å². The lowest BCUT2D eigenvalue weighted by Gasteiger charge is -2.20. The largest absolute Gasteiger partial charge is 0.368 e. The maximum Gasteiger partial charge on any atom is 0.223 e. The lowest BCUT2D eigenvalue weighted by Crippen LogP contribution is -2.36. The number of aryl methyl sites for hydroxylation is 1. The van der Waals surface area contributed by atoms with Gasteiger partial charge >= 0.3 is 0 Å². The second kappa shape index (κ2) is 9.07. The Kier molecular flexibility index (Phi) is 6.30. The van der Waals surface area contributed by atoms with E-state index in [4.69, 9.17) is 0 Å². The molecule has 1 aliphatic rings. The number of aromatic nitrogens is 3. The Morgan fingerprint density at radius 1 is 1.07 bits per heavy atom. The summed E-state index contributed by atoms with van der Waals surface area (Å²) in [6, 6.07) is 5.65. The van der Waals surface area contributed by atoms with Gasteiger partial charge in [-0.3, -0.25) is 9.59 Å². The Labute approximate surface area is 158 Å². The number of carbonyl (C=O) groups is 2. The predicted octanol–water partition coefficient (Wildman–Crippen LogP) is 2.21. The molecular weight excluding hydrogens is 344 g/mol. The fourth-order valence-corrected chi connectivity index (χ4v) is 2.98. The first-order valence-electron chi connectivity index (χ1n) is 9.15. The normalized spacial score (nSPS) is 14.6. The van der Waals surface area contributed by atoms with E-state index in [9.17, 15) is 9.59 Å². The summed E-state index contributed by atoms with van der Waals surface area (Å²) in [4.78, 5) is 36.0. The van der Waals surface area contributed by atoms with Crippen molar-refractivity contribution in [1.29, 1.82) is 0 Å². The Morgan fingerprint density at radius 2 is 1.81 bits per heavy atom. The summed E-state index contributed by atoms with van der Waals surface area (Å²) in [5, 5.41) is 9.22. The van der Waals surface area contributed by atoms with Crippen molar-refractivity contribution < 1.29 is 9.59 Å². The standard InChI is InChI=1S/C19H24N6O2/c1-13-6-7-20-17(10-13)25-18-11-16(23-12-24-18)21-8-9-22-19(27)14-2-4-15(26)5-3-14/h6-7,10-12,14H,2-5,8-9H2,1H3,(H,22,27)(H2,20,21,23,24,25). The minimum Gasteiger partial charge on any atom is -0.368 e. The number of hydrogen-bond donors (Lipinski definition) is 3. The molecule has 0 atom stereocenters. The fourth-order valence-electron chi connectivity index (χ4n) is 2.98. The molecule has 1 amide bonds. The van der Waals surface area contributed by atoms with Crippen LogP contribution in [0, 0.1) is 12.8 Å². The molecule has 8 nitrogen and oxygen atoms in total. The van der Waals surface area contributed by atoms with E-state index in [1.165, 1.54) is 6.33 Å². The van der Waals surface area contributed by atoms with Crippen LogP contribution in [-0.4, -0.2) is 39.7 Å². The van der Waals surface area contributed by atoms with Gasteiger partial charge in [-0.05, 0) is 37.5 Å². The summed E-state index contributed by atoms with van der Waals surface area (Å²) < 4.78 is 0. The molecule has 3 rings (SSSR count). The molecule has 142 valence electrons. The van der Waals surface area contributed by atoms with Crippen LogP contribution >= 0.6 is 0 Å². The number of amides is 1. The van der Waals surface area contributed by atoms with Crippen molar-refractivity contribution in [3.8, 4) is 0 Å². The fraction of sp³-hybridized carbons (Fsp3) is 0.421. The number of rotatable bonds is 7. The van der Waals surface area contributed by atoms with E-state index in [1.54, 1.807) is 12.3 Å². The van der Waals surface area contributed by atoms with Gasteiger partial charge < -0.3 is 16.0 Å². The zero-order chi connectivity index (χ0) is 19.1. The third-order valence-corrected chi connectivity index (χ3v) is 4.48. The number of hydrogen-bond acceptors (Lipinski definition) is 7.